The van der Waals surface area contributed by atoms with Gasteiger partial charge in [-0.1, -0.05) is 12.1 Å². The molecule has 2 fully saturated rings. The molecule has 1 aromatic carbocycles. The van der Waals surface area contributed by atoms with Crippen molar-refractivity contribution in [2.45, 2.75) is 39.2 Å². The molecule has 0 spiro atoms. The molecule has 32 heavy (non-hydrogen) atoms. The normalized spacial score (nSPS) is 19.6. The van der Waals surface area contributed by atoms with Crippen LogP contribution in [0.15, 0.2) is 30.6 Å². The molecular formula is C24H28FN5OS. The Morgan fingerprint density at radius 3 is 2.62 bits per heavy atom. The molecule has 0 bridgehead atoms. The lowest BCUT2D eigenvalue weighted by atomic mass is 10.0. The number of carbonyl (C=O) groups excluding carboxylic acids is 1. The van der Waals surface area contributed by atoms with Crippen molar-refractivity contribution in [1.82, 2.24) is 14.9 Å². The van der Waals surface area contributed by atoms with Gasteiger partial charge in [-0.15, -0.1) is 11.3 Å². The third-order valence-electron chi connectivity index (χ3n) is 6.74. The number of hydrogen-bond donors (Lipinski definition) is 0. The van der Waals surface area contributed by atoms with Crippen LogP contribution in [0.3, 0.4) is 0 Å². The fraction of sp³-hybridized carbons (Fsp3) is 0.458. The highest BCUT2D eigenvalue weighted by atomic mass is 32.1. The van der Waals surface area contributed by atoms with Crippen molar-refractivity contribution >= 4 is 39.0 Å². The smallest absolute Gasteiger partial charge is 0.264 e. The standard InChI is InChI=1S/C24H28FN5OS/c1-16-7-5-6-10-30(16)22-20-17(2)21(32-23(20)27-15-26-22)24(31)29-13-11-28(12-14-29)19-9-4-3-8-18(19)25/h3-4,8-9,15-16H,5-7,10-14H2,1-2H3/t16-/m0/s1. The van der Waals surface area contributed by atoms with E-state index in [0.717, 1.165) is 45.9 Å². The maximum atomic E-state index is 14.1. The highest BCUT2D eigenvalue weighted by Gasteiger charge is 2.29. The molecule has 5 rings (SSSR count). The zero-order chi connectivity index (χ0) is 22.2. The minimum atomic E-state index is -0.217. The van der Waals surface area contributed by atoms with E-state index in [1.807, 2.05) is 22.8 Å². The molecule has 3 aromatic rings. The highest BCUT2D eigenvalue weighted by molar-refractivity contribution is 7.20. The van der Waals surface area contributed by atoms with E-state index < -0.39 is 0 Å². The van der Waals surface area contributed by atoms with Crippen molar-refractivity contribution in [3.63, 3.8) is 0 Å². The van der Waals surface area contributed by atoms with E-state index >= 15 is 0 Å². The topological polar surface area (TPSA) is 52.6 Å². The van der Waals surface area contributed by atoms with Gasteiger partial charge in [0.15, 0.2) is 0 Å². The first kappa shape index (κ1) is 21.1. The van der Waals surface area contributed by atoms with Crippen LogP contribution in [-0.2, 0) is 0 Å². The SMILES string of the molecule is Cc1c(C(=O)N2CCN(c3ccccc3F)CC2)sc2ncnc(N3CCCC[C@@H]3C)c12. The first-order valence-corrected chi connectivity index (χ1v) is 12.2. The Kier molecular flexibility index (Phi) is 5.71. The van der Waals surface area contributed by atoms with Gasteiger partial charge in [0, 0.05) is 38.8 Å². The fourth-order valence-electron chi connectivity index (χ4n) is 4.89. The summed E-state index contributed by atoms with van der Waals surface area (Å²) < 4.78 is 14.1. The van der Waals surface area contributed by atoms with Gasteiger partial charge in [0.2, 0.25) is 0 Å². The summed E-state index contributed by atoms with van der Waals surface area (Å²) in [6, 6.07) is 7.26. The summed E-state index contributed by atoms with van der Waals surface area (Å²) in [5.74, 6) is 0.779. The van der Waals surface area contributed by atoms with E-state index in [0.29, 0.717) is 37.9 Å². The Labute approximate surface area is 191 Å². The Balaban J connectivity index is 1.38. The number of piperazine rings is 1. The quantitative estimate of drug-likeness (QED) is 0.585. The van der Waals surface area contributed by atoms with Crippen LogP contribution in [0.25, 0.3) is 10.2 Å². The molecule has 2 saturated heterocycles. The Hall–Kier alpha value is -2.74. The summed E-state index contributed by atoms with van der Waals surface area (Å²) >= 11 is 1.46. The summed E-state index contributed by atoms with van der Waals surface area (Å²) in [7, 11) is 0. The molecule has 1 atom stereocenters. The Morgan fingerprint density at radius 2 is 1.88 bits per heavy atom. The van der Waals surface area contributed by atoms with Gasteiger partial charge in [0.05, 0.1) is 16.0 Å². The van der Waals surface area contributed by atoms with Gasteiger partial charge in [0.1, 0.15) is 22.8 Å². The number of anilines is 2. The molecule has 0 aliphatic carbocycles. The number of aryl methyl sites for hydroxylation is 1. The van der Waals surface area contributed by atoms with Crippen LogP contribution in [-0.4, -0.2) is 59.5 Å². The summed E-state index contributed by atoms with van der Waals surface area (Å²) in [6.07, 6.45) is 5.19. The van der Waals surface area contributed by atoms with Gasteiger partial charge in [-0.3, -0.25) is 4.79 Å². The molecule has 2 aromatic heterocycles. The van der Waals surface area contributed by atoms with Crippen molar-refractivity contribution in [3.05, 3.63) is 46.9 Å². The molecule has 0 unspecified atom stereocenters. The monoisotopic (exact) mass is 453 g/mol. The summed E-state index contributed by atoms with van der Waals surface area (Å²) in [6.45, 7) is 7.63. The first-order chi connectivity index (χ1) is 15.5. The van der Waals surface area contributed by atoms with E-state index in [4.69, 9.17) is 0 Å². The number of amides is 1. The molecule has 2 aliphatic rings. The molecule has 1 amide bonds. The lowest BCUT2D eigenvalue weighted by molar-refractivity contribution is 0.0751. The van der Waals surface area contributed by atoms with Gasteiger partial charge in [-0.05, 0) is 50.8 Å². The van der Waals surface area contributed by atoms with E-state index in [-0.39, 0.29) is 11.7 Å². The van der Waals surface area contributed by atoms with E-state index in [2.05, 4.69) is 21.8 Å². The first-order valence-electron chi connectivity index (χ1n) is 11.3. The third kappa shape index (κ3) is 3.70. The maximum absolute atomic E-state index is 14.1. The number of nitrogens with zero attached hydrogens (tertiary/aromatic N) is 5. The summed E-state index contributed by atoms with van der Waals surface area (Å²) in [5.41, 5.74) is 1.58. The van der Waals surface area contributed by atoms with Gasteiger partial charge >= 0.3 is 0 Å². The van der Waals surface area contributed by atoms with Gasteiger partial charge in [-0.25, -0.2) is 14.4 Å². The van der Waals surface area contributed by atoms with Crippen LogP contribution in [0.2, 0.25) is 0 Å². The second kappa shape index (κ2) is 8.65. The van der Waals surface area contributed by atoms with Crippen molar-refractivity contribution in [2.24, 2.45) is 0 Å². The number of thiophene rings is 1. The minimum absolute atomic E-state index is 0.0383. The van der Waals surface area contributed by atoms with E-state index in [1.165, 1.54) is 23.8 Å². The van der Waals surface area contributed by atoms with Crippen molar-refractivity contribution in [1.29, 1.82) is 0 Å². The number of carbonyl (C=O) groups is 1. The van der Waals surface area contributed by atoms with Gasteiger partial charge in [0.25, 0.3) is 5.91 Å². The minimum Gasteiger partial charge on any atom is -0.366 e. The predicted molar refractivity (Wildman–Crippen MR) is 127 cm³/mol. The average molecular weight is 454 g/mol. The number of hydrogen-bond acceptors (Lipinski definition) is 6. The Bertz CT molecular complexity index is 1140. The number of aromatic nitrogens is 2. The molecule has 4 heterocycles. The van der Waals surface area contributed by atoms with Crippen LogP contribution < -0.4 is 9.80 Å². The molecule has 8 heteroatoms. The average Bonchev–Trinajstić information content (AvgIpc) is 3.16. The van der Waals surface area contributed by atoms with Crippen LogP contribution in [0, 0.1) is 12.7 Å². The summed E-state index contributed by atoms with van der Waals surface area (Å²) in [5, 5.41) is 1.01. The van der Waals surface area contributed by atoms with Gasteiger partial charge < -0.3 is 14.7 Å². The van der Waals surface area contributed by atoms with Crippen molar-refractivity contribution in [2.75, 3.05) is 42.5 Å². The van der Waals surface area contributed by atoms with Crippen LogP contribution in [0.4, 0.5) is 15.9 Å². The lowest BCUT2D eigenvalue weighted by Crippen LogP contribution is -2.49. The zero-order valence-electron chi connectivity index (χ0n) is 18.6. The summed E-state index contributed by atoms with van der Waals surface area (Å²) in [4.78, 5) is 30.4. The van der Waals surface area contributed by atoms with Crippen molar-refractivity contribution < 1.29 is 9.18 Å². The number of rotatable bonds is 3. The zero-order valence-corrected chi connectivity index (χ0v) is 19.4. The third-order valence-corrected chi connectivity index (χ3v) is 7.92. The second-order valence-electron chi connectivity index (χ2n) is 8.70. The number of halogens is 1. The largest absolute Gasteiger partial charge is 0.366 e. The predicted octanol–water partition coefficient (Wildman–Crippen LogP) is 4.48. The van der Waals surface area contributed by atoms with Gasteiger partial charge in [-0.2, -0.15) is 0 Å². The fourth-order valence-corrected chi connectivity index (χ4v) is 6.00. The number of para-hydroxylation sites is 1. The molecule has 2 aliphatic heterocycles. The molecule has 6 nitrogen and oxygen atoms in total. The number of fused-ring (bicyclic) bond motifs is 1. The molecule has 168 valence electrons. The lowest BCUT2D eigenvalue weighted by Gasteiger charge is -2.36. The number of benzene rings is 1. The van der Waals surface area contributed by atoms with E-state index in [9.17, 15) is 9.18 Å². The highest BCUT2D eigenvalue weighted by Crippen LogP contribution is 2.37. The van der Waals surface area contributed by atoms with E-state index in [1.54, 1.807) is 18.5 Å². The van der Waals surface area contributed by atoms with Crippen molar-refractivity contribution in [3.8, 4) is 0 Å². The van der Waals surface area contributed by atoms with Crippen LogP contribution in [0.5, 0.6) is 0 Å². The number of piperidine rings is 1. The maximum Gasteiger partial charge on any atom is 0.264 e. The second-order valence-corrected chi connectivity index (χ2v) is 9.70. The van der Waals surface area contributed by atoms with Crippen LogP contribution >= 0.6 is 11.3 Å². The molecule has 0 saturated carbocycles. The Morgan fingerprint density at radius 1 is 1.09 bits per heavy atom. The molecule has 0 N–H and O–H groups in total. The molecule has 0 radical (unpaired) electrons. The molecular weight excluding hydrogens is 425 g/mol. The van der Waals surface area contributed by atoms with Crippen LogP contribution in [0.1, 0.15) is 41.4 Å².